The van der Waals surface area contributed by atoms with E-state index in [2.05, 4.69) is 16.8 Å². The van der Waals surface area contributed by atoms with Crippen molar-refractivity contribution in [1.82, 2.24) is 14.8 Å². The molecule has 0 bridgehead atoms. The molecule has 0 aliphatic carbocycles. The molecule has 1 unspecified atom stereocenters. The molecule has 1 aliphatic rings. The maximum absolute atomic E-state index is 13.1. The average Bonchev–Trinajstić information content (AvgIpc) is 3.21. The van der Waals surface area contributed by atoms with E-state index < -0.39 is 0 Å². The number of allylic oxidation sites excluding steroid dienone is 1. The maximum atomic E-state index is 13.1. The summed E-state index contributed by atoms with van der Waals surface area (Å²) in [6.45, 7) is 8.71. The molecule has 32 heavy (non-hydrogen) atoms. The number of rotatable bonds is 8. The molecule has 0 N–H and O–H groups in total. The van der Waals surface area contributed by atoms with Gasteiger partial charge in [-0.25, -0.2) is 0 Å². The first-order chi connectivity index (χ1) is 15.6. The molecule has 0 saturated heterocycles. The van der Waals surface area contributed by atoms with Crippen molar-refractivity contribution in [2.75, 3.05) is 17.3 Å². The number of anilines is 1. The van der Waals surface area contributed by atoms with Gasteiger partial charge < -0.3 is 14.4 Å². The van der Waals surface area contributed by atoms with Crippen LogP contribution in [0.25, 0.3) is 0 Å². The van der Waals surface area contributed by atoms with Crippen LogP contribution in [0.4, 0.5) is 5.69 Å². The van der Waals surface area contributed by atoms with Crippen molar-refractivity contribution >= 4 is 23.4 Å². The largest absolute Gasteiger partial charge is 0.485 e. The highest BCUT2D eigenvalue weighted by atomic mass is 32.2. The van der Waals surface area contributed by atoms with Crippen molar-refractivity contribution in [2.45, 2.75) is 37.7 Å². The fourth-order valence-corrected chi connectivity index (χ4v) is 4.42. The van der Waals surface area contributed by atoms with Gasteiger partial charge in [0.05, 0.1) is 5.75 Å². The van der Waals surface area contributed by atoms with Crippen LogP contribution in [0, 0.1) is 0 Å². The fourth-order valence-electron chi connectivity index (χ4n) is 3.61. The molecule has 1 aromatic heterocycles. The van der Waals surface area contributed by atoms with Gasteiger partial charge in [-0.1, -0.05) is 48.2 Å². The zero-order valence-electron chi connectivity index (χ0n) is 18.2. The van der Waals surface area contributed by atoms with E-state index in [9.17, 15) is 4.79 Å². The predicted molar refractivity (Wildman–Crippen MR) is 125 cm³/mol. The molecule has 0 radical (unpaired) electrons. The third kappa shape index (κ3) is 4.65. The average molecular weight is 451 g/mol. The highest BCUT2D eigenvalue weighted by molar-refractivity contribution is 7.99. The van der Waals surface area contributed by atoms with Crippen molar-refractivity contribution in [3.8, 4) is 11.5 Å². The number of carbonyl (C=O) groups is 1. The van der Waals surface area contributed by atoms with E-state index in [0.717, 1.165) is 5.69 Å². The Labute approximate surface area is 192 Å². The monoisotopic (exact) mass is 450 g/mol. The Morgan fingerprint density at radius 1 is 1.19 bits per heavy atom. The lowest BCUT2D eigenvalue weighted by Gasteiger charge is -2.27. The molecule has 166 valence electrons. The summed E-state index contributed by atoms with van der Waals surface area (Å²) in [5.74, 6) is 2.30. The van der Waals surface area contributed by atoms with Crippen molar-refractivity contribution in [3.05, 3.63) is 73.1 Å². The number of para-hydroxylation sites is 3. The van der Waals surface area contributed by atoms with E-state index in [1.54, 1.807) is 11.0 Å². The summed E-state index contributed by atoms with van der Waals surface area (Å²) in [5.41, 5.74) is 0.882. The second kappa shape index (κ2) is 9.91. The molecule has 4 rings (SSSR count). The summed E-state index contributed by atoms with van der Waals surface area (Å²) < 4.78 is 13.9. The normalized spacial score (nSPS) is 14.9. The number of ether oxygens (including phenoxy) is 2. The fraction of sp³-hybridized carbons (Fsp3) is 0.292. The number of amides is 1. The van der Waals surface area contributed by atoms with E-state index in [-0.39, 0.29) is 23.8 Å². The highest BCUT2D eigenvalue weighted by Crippen LogP contribution is 2.36. The SMILES string of the molecule is C=CCn1c(SCC(=O)N(c2ccccc2)C(C)C)nnc1C1COc2ccccc2O1. The van der Waals surface area contributed by atoms with Gasteiger partial charge in [0, 0.05) is 18.3 Å². The molecule has 1 amide bonds. The van der Waals surface area contributed by atoms with E-state index in [4.69, 9.17) is 9.47 Å². The summed E-state index contributed by atoms with van der Waals surface area (Å²) in [6, 6.07) is 17.3. The number of hydrogen-bond acceptors (Lipinski definition) is 6. The zero-order chi connectivity index (χ0) is 22.5. The molecular weight excluding hydrogens is 424 g/mol. The topological polar surface area (TPSA) is 69.5 Å². The number of benzene rings is 2. The Morgan fingerprint density at radius 3 is 2.62 bits per heavy atom. The van der Waals surface area contributed by atoms with Gasteiger partial charge in [-0.2, -0.15) is 0 Å². The van der Waals surface area contributed by atoms with Gasteiger partial charge in [0.15, 0.2) is 28.6 Å². The Morgan fingerprint density at radius 2 is 1.91 bits per heavy atom. The van der Waals surface area contributed by atoms with E-state index in [1.165, 1.54) is 11.8 Å². The van der Waals surface area contributed by atoms with Crippen molar-refractivity contribution in [3.63, 3.8) is 0 Å². The molecule has 2 aromatic carbocycles. The molecule has 2 heterocycles. The van der Waals surface area contributed by atoms with Crippen LogP contribution >= 0.6 is 11.8 Å². The molecule has 8 heteroatoms. The van der Waals surface area contributed by atoms with Crippen molar-refractivity contribution in [2.24, 2.45) is 0 Å². The van der Waals surface area contributed by atoms with E-state index >= 15 is 0 Å². The lowest BCUT2D eigenvalue weighted by molar-refractivity contribution is -0.116. The van der Waals surface area contributed by atoms with Crippen molar-refractivity contribution in [1.29, 1.82) is 0 Å². The van der Waals surface area contributed by atoms with E-state index in [0.29, 0.717) is 35.6 Å². The molecule has 1 atom stereocenters. The summed E-state index contributed by atoms with van der Waals surface area (Å²) >= 11 is 1.36. The first kappa shape index (κ1) is 22.0. The molecule has 7 nitrogen and oxygen atoms in total. The summed E-state index contributed by atoms with van der Waals surface area (Å²) in [7, 11) is 0. The van der Waals surface area contributed by atoms with Crippen LogP contribution in [0.1, 0.15) is 25.8 Å². The minimum absolute atomic E-state index is 0.0112. The Hall–Kier alpha value is -3.26. The van der Waals surface area contributed by atoms with Gasteiger partial charge in [0.2, 0.25) is 5.91 Å². The van der Waals surface area contributed by atoms with Crippen LogP contribution in [0.3, 0.4) is 0 Å². The third-order valence-corrected chi connectivity index (χ3v) is 5.95. The first-order valence-electron chi connectivity index (χ1n) is 10.5. The number of carbonyl (C=O) groups excluding carboxylic acids is 1. The van der Waals surface area contributed by atoms with E-state index in [1.807, 2.05) is 73.0 Å². The minimum Gasteiger partial charge on any atom is -0.485 e. The second-order valence-corrected chi connectivity index (χ2v) is 8.53. The number of hydrogen-bond donors (Lipinski definition) is 0. The van der Waals surface area contributed by atoms with Gasteiger partial charge in [0.1, 0.15) is 6.61 Å². The van der Waals surface area contributed by atoms with Crippen LogP contribution in [-0.2, 0) is 11.3 Å². The Bertz CT molecular complexity index is 1080. The van der Waals surface area contributed by atoms with Gasteiger partial charge >= 0.3 is 0 Å². The molecule has 0 saturated carbocycles. The Balaban J connectivity index is 1.50. The van der Waals surface area contributed by atoms with Gasteiger partial charge in [-0.15, -0.1) is 16.8 Å². The molecular formula is C24H26N4O3S. The lowest BCUT2D eigenvalue weighted by Crippen LogP contribution is -2.38. The van der Waals surface area contributed by atoms with Crippen LogP contribution in [0.15, 0.2) is 72.4 Å². The lowest BCUT2D eigenvalue weighted by atomic mass is 10.2. The predicted octanol–water partition coefficient (Wildman–Crippen LogP) is 4.51. The van der Waals surface area contributed by atoms with Crippen molar-refractivity contribution < 1.29 is 14.3 Å². The van der Waals surface area contributed by atoms with Gasteiger partial charge in [-0.3, -0.25) is 9.36 Å². The molecule has 3 aromatic rings. The van der Waals surface area contributed by atoms with Gasteiger partial charge in [-0.05, 0) is 38.1 Å². The Kier molecular flexibility index (Phi) is 6.80. The number of nitrogens with zero attached hydrogens (tertiary/aromatic N) is 4. The summed E-state index contributed by atoms with van der Waals surface area (Å²) in [5, 5.41) is 9.34. The van der Waals surface area contributed by atoms with Crippen LogP contribution < -0.4 is 14.4 Å². The molecule has 0 fully saturated rings. The number of fused-ring (bicyclic) bond motifs is 1. The number of thioether (sulfide) groups is 1. The second-order valence-electron chi connectivity index (χ2n) is 7.59. The van der Waals surface area contributed by atoms with Crippen LogP contribution in [-0.4, -0.2) is 39.1 Å². The summed E-state index contributed by atoms with van der Waals surface area (Å²) in [4.78, 5) is 14.9. The summed E-state index contributed by atoms with van der Waals surface area (Å²) in [6.07, 6.45) is 1.39. The minimum atomic E-state index is -0.390. The number of aromatic nitrogens is 3. The quantitative estimate of drug-likeness (QED) is 0.372. The molecule has 0 spiro atoms. The third-order valence-electron chi connectivity index (χ3n) is 5.00. The standard InChI is InChI=1S/C24H26N4O3S/c1-4-14-27-23(21-15-30-19-12-8-9-13-20(19)31-21)25-26-24(27)32-16-22(29)28(17(2)3)18-10-6-5-7-11-18/h4-13,17,21H,1,14-16H2,2-3H3. The van der Waals surface area contributed by atoms with Crippen LogP contribution in [0.2, 0.25) is 0 Å². The smallest absolute Gasteiger partial charge is 0.237 e. The first-order valence-corrected chi connectivity index (χ1v) is 11.5. The zero-order valence-corrected chi connectivity index (χ0v) is 19.0. The van der Waals surface area contributed by atoms with Crippen LogP contribution in [0.5, 0.6) is 11.5 Å². The van der Waals surface area contributed by atoms with Gasteiger partial charge in [0.25, 0.3) is 0 Å². The molecule has 1 aliphatic heterocycles. The highest BCUT2D eigenvalue weighted by Gasteiger charge is 2.29. The maximum Gasteiger partial charge on any atom is 0.237 e.